The molecule has 0 aromatic carbocycles. The Kier molecular flexibility index (Phi) is 5.61. The van der Waals surface area contributed by atoms with Crippen LogP contribution in [0.4, 0.5) is 0 Å². The van der Waals surface area contributed by atoms with Gasteiger partial charge in [0.2, 0.25) is 0 Å². The fraction of sp³-hybridized carbons (Fsp3) is 0.893. The molecule has 1 nitrogen and oxygen atoms in total. The Bertz CT molecular complexity index is 686. The lowest BCUT2D eigenvalue weighted by Crippen LogP contribution is -2.49. The van der Waals surface area contributed by atoms with Crippen LogP contribution in [-0.4, -0.2) is 5.78 Å². The van der Waals surface area contributed by atoms with Crippen molar-refractivity contribution in [2.75, 3.05) is 0 Å². The molecule has 4 aliphatic carbocycles. The van der Waals surface area contributed by atoms with Gasteiger partial charge in [-0.3, -0.25) is 4.79 Å². The molecule has 0 heterocycles. The lowest BCUT2D eigenvalue weighted by atomic mass is 9.46. The summed E-state index contributed by atoms with van der Waals surface area (Å²) in [5, 5.41) is 0. The SMILES string of the molecule is CC(C)CCC[C@@H](C)[C@H]1CC[C@@]2(C)C3=C(CC[C@]12C)[C@@]1(C)CCC(=O)C[C@@H]1CC3. The van der Waals surface area contributed by atoms with Gasteiger partial charge in [0.1, 0.15) is 5.78 Å². The fourth-order valence-electron chi connectivity index (χ4n) is 8.64. The van der Waals surface area contributed by atoms with Gasteiger partial charge in [-0.25, -0.2) is 0 Å². The molecule has 1 heteroatoms. The fourth-order valence-corrected chi connectivity index (χ4v) is 8.64. The Morgan fingerprint density at radius 1 is 0.897 bits per heavy atom. The molecule has 2 fully saturated rings. The topological polar surface area (TPSA) is 17.1 Å². The lowest BCUT2D eigenvalue weighted by molar-refractivity contribution is -0.124. The number of hydrogen-bond donors (Lipinski definition) is 0. The second-order valence-electron chi connectivity index (χ2n) is 12.5. The maximum absolute atomic E-state index is 12.1. The van der Waals surface area contributed by atoms with E-state index in [4.69, 9.17) is 0 Å². The number of carbonyl (C=O) groups excluding carboxylic acids is 1. The molecule has 164 valence electrons. The van der Waals surface area contributed by atoms with Crippen molar-refractivity contribution in [2.45, 2.75) is 119 Å². The van der Waals surface area contributed by atoms with E-state index >= 15 is 0 Å². The van der Waals surface area contributed by atoms with Gasteiger partial charge in [0.15, 0.2) is 0 Å². The van der Waals surface area contributed by atoms with E-state index in [0.717, 1.165) is 37.0 Å². The van der Waals surface area contributed by atoms with Crippen LogP contribution in [0.5, 0.6) is 0 Å². The molecule has 0 amide bonds. The van der Waals surface area contributed by atoms with Crippen LogP contribution in [0.25, 0.3) is 0 Å². The van der Waals surface area contributed by atoms with Crippen molar-refractivity contribution in [3.05, 3.63) is 11.1 Å². The van der Waals surface area contributed by atoms with Gasteiger partial charge in [-0.15, -0.1) is 0 Å². The van der Waals surface area contributed by atoms with Crippen LogP contribution in [0.15, 0.2) is 11.1 Å². The first-order valence-electron chi connectivity index (χ1n) is 12.9. The minimum absolute atomic E-state index is 0.326. The molecule has 0 aromatic heterocycles. The van der Waals surface area contributed by atoms with Crippen LogP contribution in [0.1, 0.15) is 119 Å². The summed E-state index contributed by atoms with van der Waals surface area (Å²) in [6.45, 7) is 15.2. The standard InChI is InChI=1S/C28H46O/c1-19(2)8-7-9-20(3)23-13-16-28(6)25-11-10-21-18-22(29)12-15-26(21,4)24(25)14-17-27(23,28)5/h19-21,23H,7-18H2,1-6H3/t20-,21+,23-,26+,27-,28+/m1/s1. The van der Waals surface area contributed by atoms with Gasteiger partial charge in [0.05, 0.1) is 0 Å². The number of carbonyl (C=O) groups is 1. The summed E-state index contributed by atoms with van der Waals surface area (Å²) in [6.07, 6.45) is 15.1. The van der Waals surface area contributed by atoms with Crippen molar-refractivity contribution in [1.29, 1.82) is 0 Å². The second kappa shape index (κ2) is 7.52. The summed E-state index contributed by atoms with van der Waals surface area (Å²) in [7, 11) is 0. The Morgan fingerprint density at radius 3 is 2.38 bits per heavy atom. The maximum Gasteiger partial charge on any atom is 0.133 e. The zero-order chi connectivity index (χ0) is 21.0. The Hall–Kier alpha value is -0.590. The molecule has 29 heavy (non-hydrogen) atoms. The molecule has 0 bridgehead atoms. The third-order valence-electron chi connectivity index (χ3n) is 10.8. The predicted molar refractivity (Wildman–Crippen MR) is 123 cm³/mol. The smallest absolute Gasteiger partial charge is 0.133 e. The summed E-state index contributed by atoms with van der Waals surface area (Å²) in [5.41, 5.74) is 4.92. The molecule has 4 aliphatic rings. The molecule has 0 radical (unpaired) electrons. The van der Waals surface area contributed by atoms with Gasteiger partial charge in [-0.2, -0.15) is 0 Å². The third-order valence-corrected chi connectivity index (χ3v) is 10.8. The van der Waals surface area contributed by atoms with Crippen LogP contribution in [-0.2, 0) is 4.79 Å². The van der Waals surface area contributed by atoms with E-state index in [2.05, 4.69) is 41.5 Å². The highest BCUT2D eigenvalue weighted by Gasteiger charge is 2.61. The minimum atomic E-state index is 0.326. The number of allylic oxidation sites excluding steroid dienone is 2. The molecular formula is C28H46O. The van der Waals surface area contributed by atoms with Gasteiger partial charge in [0, 0.05) is 12.8 Å². The third kappa shape index (κ3) is 3.28. The van der Waals surface area contributed by atoms with Crippen molar-refractivity contribution < 1.29 is 4.79 Å². The number of rotatable bonds is 5. The maximum atomic E-state index is 12.1. The minimum Gasteiger partial charge on any atom is -0.300 e. The Balaban J connectivity index is 1.59. The van der Waals surface area contributed by atoms with Crippen LogP contribution in [0.2, 0.25) is 0 Å². The summed E-state index contributed by atoms with van der Waals surface area (Å²) in [5.74, 6) is 3.75. The molecule has 4 rings (SSSR count). The first-order valence-corrected chi connectivity index (χ1v) is 12.9. The molecule has 0 N–H and O–H groups in total. The van der Waals surface area contributed by atoms with Crippen LogP contribution < -0.4 is 0 Å². The highest BCUT2D eigenvalue weighted by atomic mass is 16.1. The molecular weight excluding hydrogens is 352 g/mol. The number of Topliss-reactive ketones (excluding diaryl/α,β-unsaturated/α-hetero) is 1. The van der Waals surface area contributed by atoms with Crippen LogP contribution in [0.3, 0.4) is 0 Å². The molecule has 0 aromatic rings. The molecule has 0 spiro atoms. The zero-order valence-corrected chi connectivity index (χ0v) is 20.2. The summed E-state index contributed by atoms with van der Waals surface area (Å²) < 4.78 is 0. The second-order valence-corrected chi connectivity index (χ2v) is 12.5. The van der Waals surface area contributed by atoms with E-state index in [-0.39, 0.29) is 0 Å². The number of ketones is 1. The normalized spacial score (nSPS) is 43.2. The van der Waals surface area contributed by atoms with Gasteiger partial charge < -0.3 is 0 Å². The van der Waals surface area contributed by atoms with Crippen LogP contribution >= 0.6 is 0 Å². The highest BCUT2D eigenvalue weighted by molar-refractivity contribution is 5.80. The van der Waals surface area contributed by atoms with Gasteiger partial charge in [0.25, 0.3) is 0 Å². The quantitative estimate of drug-likeness (QED) is 0.427. The first kappa shape index (κ1) is 21.6. The summed E-state index contributed by atoms with van der Waals surface area (Å²) in [6, 6.07) is 0. The molecule has 2 saturated carbocycles. The average Bonchev–Trinajstić information content (AvgIpc) is 2.93. The van der Waals surface area contributed by atoms with Crippen molar-refractivity contribution in [1.82, 2.24) is 0 Å². The van der Waals surface area contributed by atoms with Crippen molar-refractivity contribution in [3.8, 4) is 0 Å². The Labute approximate surface area is 180 Å². The highest BCUT2D eigenvalue weighted by Crippen LogP contribution is 2.71. The largest absolute Gasteiger partial charge is 0.300 e. The van der Waals surface area contributed by atoms with E-state index in [9.17, 15) is 4.79 Å². The number of hydrogen-bond acceptors (Lipinski definition) is 1. The molecule has 0 unspecified atom stereocenters. The predicted octanol–water partition coefficient (Wildman–Crippen LogP) is 8.13. The monoisotopic (exact) mass is 398 g/mol. The zero-order valence-electron chi connectivity index (χ0n) is 20.2. The van der Waals surface area contributed by atoms with Crippen molar-refractivity contribution in [2.24, 2.45) is 39.9 Å². The summed E-state index contributed by atoms with van der Waals surface area (Å²) in [4.78, 5) is 12.1. The average molecular weight is 399 g/mol. The van der Waals surface area contributed by atoms with Crippen molar-refractivity contribution >= 4 is 5.78 Å². The first-order chi connectivity index (χ1) is 13.6. The van der Waals surface area contributed by atoms with Gasteiger partial charge >= 0.3 is 0 Å². The van der Waals surface area contributed by atoms with E-state index in [1.54, 1.807) is 0 Å². The molecule has 6 atom stereocenters. The summed E-state index contributed by atoms with van der Waals surface area (Å²) >= 11 is 0. The molecule has 0 aliphatic heterocycles. The van der Waals surface area contributed by atoms with E-state index in [0.29, 0.717) is 27.9 Å². The Morgan fingerprint density at radius 2 is 1.66 bits per heavy atom. The van der Waals surface area contributed by atoms with Gasteiger partial charge in [-0.05, 0) is 84.9 Å². The molecule has 0 saturated heterocycles. The van der Waals surface area contributed by atoms with Gasteiger partial charge in [-0.1, -0.05) is 72.0 Å². The van der Waals surface area contributed by atoms with E-state index in [1.807, 2.05) is 11.1 Å². The number of fused-ring (bicyclic) bond motifs is 4. The van der Waals surface area contributed by atoms with Crippen LogP contribution in [0, 0.1) is 39.9 Å². The van der Waals surface area contributed by atoms with Crippen molar-refractivity contribution in [3.63, 3.8) is 0 Å². The van der Waals surface area contributed by atoms with E-state index in [1.165, 1.54) is 57.8 Å². The lowest BCUT2D eigenvalue weighted by Gasteiger charge is -2.58. The van der Waals surface area contributed by atoms with E-state index < -0.39 is 0 Å².